The summed E-state index contributed by atoms with van der Waals surface area (Å²) in [5.74, 6) is 0.102. The number of ether oxygens (including phenoxy) is 3. The van der Waals surface area contributed by atoms with E-state index in [9.17, 15) is 23.7 Å². The van der Waals surface area contributed by atoms with E-state index < -0.39 is 23.7 Å². The van der Waals surface area contributed by atoms with Gasteiger partial charge in [-0.2, -0.15) is 8.78 Å². The Hall–Kier alpha value is -3.53. The van der Waals surface area contributed by atoms with E-state index in [1.165, 1.54) is 38.5 Å². The number of halogens is 2. The number of hydrogen-bond acceptors (Lipinski definition) is 6. The minimum absolute atomic E-state index is 0.0555. The topological polar surface area (TPSA) is 99.9 Å². The number of nitrogens with one attached hydrogen (secondary N) is 1. The van der Waals surface area contributed by atoms with E-state index in [4.69, 9.17) is 9.47 Å². The van der Waals surface area contributed by atoms with Crippen LogP contribution in [0, 0.1) is 10.1 Å². The van der Waals surface area contributed by atoms with Gasteiger partial charge in [-0.1, -0.05) is 12.6 Å². The molecule has 30 heavy (non-hydrogen) atoms. The third kappa shape index (κ3) is 5.98. The molecule has 0 spiro atoms. The number of carbonyl (C=O) groups is 1. The summed E-state index contributed by atoms with van der Waals surface area (Å²) in [5.41, 5.74) is 0.652. The quantitative estimate of drug-likeness (QED) is 0.272. The number of nitro benzene ring substituents is 1. The van der Waals surface area contributed by atoms with Crippen molar-refractivity contribution in [2.45, 2.75) is 19.3 Å². The van der Waals surface area contributed by atoms with Crippen LogP contribution in [0.4, 0.5) is 14.5 Å². The van der Waals surface area contributed by atoms with Crippen molar-refractivity contribution in [3.8, 4) is 11.5 Å². The number of hydrogen-bond donors (Lipinski definition) is 1. The Balaban J connectivity index is 2.14. The highest BCUT2D eigenvalue weighted by Crippen LogP contribution is 2.28. The predicted octanol–water partition coefficient (Wildman–Crippen LogP) is 3.55. The van der Waals surface area contributed by atoms with Crippen molar-refractivity contribution in [3.63, 3.8) is 0 Å². The van der Waals surface area contributed by atoms with Gasteiger partial charge < -0.3 is 14.8 Å². The summed E-state index contributed by atoms with van der Waals surface area (Å²) in [5, 5.41) is 13.1. The fraction of sp³-hybridized carbons (Fsp3) is 0.250. The average molecular weight is 422 g/mol. The summed E-state index contributed by atoms with van der Waals surface area (Å²) in [7, 11) is 2.90. The lowest BCUT2D eigenvalue weighted by atomic mass is 10.1. The monoisotopic (exact) mass is 422 g/mol. The second kappa shape index (κ2) is 10.3. The number of alkyl halides is 2. The van der Waals surface area contributed by atoms with Crippen LogP contribution < -0.4 is 14.8 Å². The van der Waals surface area contributed by atoms with Gasteiger partial charge in [0.05, 0.1) is 19.1 Å². The molecule has 0 fully saturated rings. The van der Waals surface area contributed by atoms with Gasteiger partial charge in [0.15, 0.2) is 11.5 Å². The van der Waals surface area contributed by atoms with E-state index in [2.05, 4.69) is 16.6 Å². The molecule has 0 aliphatic rings. The first-order valence-corrected chi connectivity index (χ1v) is 8.64. The molecule has 0 bridgehead atoms. The molecule has 1 N–H and O–H groups in total. The Morgan fingerprint density at radius 2 is 1.77 bits per heavy atom. The number of amides is 1. The van der Waals surface area contributed by atoms with E-state index in [-0.39, 0.29) is 17.7 Å². The Kier molecular flexibility index (Phi) is 7.82. The molecule has 0 aromatic heterocycles. The third-order valence-corrected chi connectivity index (χ3v) is 4.13. The Labute approximate surface area is 171 Å². The van der Waals surface area contributed by atoms with Crippen LogP contribution >= 0.6 is 0 Å². The Bertz CT molecular complexity index is 918. The SMILES string of the molecule is C=C(C(=O)NC(Cc1ccc(OC)c(OC)c1)OC(F)F)c1ccc([N+](=O)[O-])cc1. The zero-order valence-corrected chi connectivity index (χ0v) is 16.3. The molecule has 0 saturated carbocycles. The number of nitro groups is 1. The van der Waals surface area contributed by atoms with E-state index in [1.54, 1.807) is 18.2 Å². The van der Waals surface area contributed by atoms with Gasteiger partial charge >= 0.3 is 6.61 Å². The van der Waals surface area contributed by atoms with Gasteiger partial charge in [-0.25, -0.2) is 0 Å². The molecule has 0 saturated heterocycles. The molecule has 0 aliphatic carbocycles. The molecule has 1 amide bonds. The maximum atomic E-state index is 12.8. The van der Waals surface area contributed by atoms with E-state index >= 15 is 0 Å². The smallest absolute Gasteiger partial charge is 0.347 e. The highest BCUT2D eigenvalue weighted by molar-refractivity contribution is 6.18. The number of carbonyl (C=O) groups excluding carboxylic acids is 1. The summed E-state index contributed by atoms with van der Waals surface area (Å²) >= 11 is 0. The van der Waals surface area contributed by atoms with E-state index in [1.807, 2.05) is 0 Å². The second-order valence-electron chi connectivity index (χ2n) is 6.03. The fourth-order valence-corrected chi connectivity index (χ4v) is 2.63. The van der Waals surface area contributed by atoms with Crippen molar-refractivity contribution in [1.29, 1.82) is 0 Å². The summed E-state index contributed by atoms with van der Waals surface area (Å²) in [6.45, 7) is 0.505. The molecule has 0 aliphatic heterocycles. The molecule has 1 unspecified atom stereocenters. The largest absolute Gasteiger partial charge is 0.493 e. The minimum Gasteiger partial charge on any atom is -0.493 e. The Morgan fingerprint density at radius 3 is 2.30 bits per heavy atom. The lowest BCUT2D eigenvalue weighted by molar-refractivity contribution is -0.384. The zero-order chi connectivity index (χ0) is 22.3. The zero-order valence-electron chi connectivity index (χ0n) is 16.3. The van der Waals surface area contributed by atoms with Crippen LogP contribution in [-0.2, 0) is 16.0 Å². The normalized spacial score (nSPS) is 11.6. The molecule has 0 heterocycles. The number of rotatable bonds is 10. The molecule has 10 heteroatoms. The lowest BCUT2D eigenvalue weighted by Gasteiger charge is -2.20. The van der Waals surface area contributed by atoms with Crippen LogP contribution in [0.5, 0.6) is 11.5 Å². The van der Waals surface area contributed by atoms with Crippen LogP contribution in [0.2, 0.25) is 0 Å². The predicted molar refractivity (Wildman–Crippen MR) is 104 cm³/mol. The third-order valence-electron chi connectivity index (χ3n) is 4.13. The number of methoxy groups -OCH3 is 2. The van der Waals surface area contributed by atoms with Crippen LogP contribution in [0.1, 0.15) is 11.1 Å². The van der Waals surface area contributed by atoms with Crippen molar-refractivity contribution in [2.24, 2.45) is 0 Å². The van der Waals surface area contributed by atoms with Gasteiger partial charge in [0.2, 0.25) is 0 Å². The van der Waals surface area contributed by atoms with Crippen LogP contribution in [-0.4, -0.2) is 37.9 Å². The van der Waals surface area contributed by atoms with Gasteiger partial charge in [0.25, 0.3) is 11.6 Å². The van der Waals surface area contributed by atoms with Gasteiger partial charge in [-0.3, -0.25) is 19.6 Å². The highest BCUT2D eigenvalue weighted by Gasteiger charge is 2.21. The molecule has 1 atom stereocenters. The molecular weight excluding hydrogens is 402 g/mol. The molecule has 2 aromatic carbocycles. The van der Waals surface area contributed by atoms with Crippen LogP contribution in [0.3, 0.4) is 0 Å². The molecule has 160 valence electrons. The first kappa shape index (κ1) is 22.8. The molecule has 0 radical (unpaired) electrons. The summed E-state index contributed by atoms with van der Waals surface area (Å²) in [6, 6.07) is 9.92. The van der Waals surface area contributed by atoms with Crippen molar-refractivity contribution in [1.82, 2.24) is 5.32 Å². The van der Waals surface area contributed by atoms with Crippen molar-refractivity contribution in [3.05, 3.63) is 70.3 Å². The lowest BCUT2D eigenvalue weighted by Crippen LogP contribution is -2.40. The number of non-ortho nitro benzene ring substituents is 1. The number of benzene rings is 2. The van der Waals surface area contributed by atoms with Crippen molar-refractivity contribution < 1.29 is 32.7 Å². The molecular formula is C20H20F2N2O6. The van der Waals surface area contributed by atoms with Gasteiger partial charge in [-0.15, -0.1) is 0 Å². The summed E-state index contributed by atoms with van der Waals surface area (Å²) in [6.07, 6.45) is -1.44. The standard InChI is InChI=1S/C20H20F2N2O6/c1-12(14-5-7-15(8-6-14)24(26)27)19(25)23-18(30-20(21)22)11-13-4-9-16(28-2)17(10-13)29-3/h4-10,18,20H,1,11H2,2-3H3,(H,23,25). The molecule has 8 nitrogen and oxygen atoms in total. The van der Waals surface area contributed by atoms with E-state index in [0.717, 1.165) is 0 Å². The minimum atomic E-state index is -3.12. The number of nitrogens with zero attached hydrogens (tertiary/aromatic N) is 1. The first-order valence-electron chi connectivity index (χ1n) is 8.64. The fourth-order valence-electron chi connectivity index (χ4n) is 2.63. The maximum absolute atomic E-state index is 12.8. The van der Waals surface area contributed by atoms with Crippen LogP contribution in [0.25, 0.3) is 5.57 Å². The summed E-state index contributed by atoms with van der Waals surface area (Å²) in [4.78, 5) is 22.6. The van der Waals surface area contributed by atoms with Crippen molar-refractivity contribution in [2.75, 3.05) is 14.2 Å². The molecule has 2 rings (SSSR count). The first-order chi connectivity index (χ1) is 14.2. The average Bonchev–Trinajstić information content (AvgIpc) is 2.72. The van der Waals surface area contributed by atoms with E-state index in [0.29, 0.717) is 22.6 Å². The van der Waals surface area contributed by atoms with Crippen LogP contribution in [0.15, 0.2) is 49.0 Å². The van der Waals surface area contributed by atoms with Gasteiger partial charge in [-0.05, 0) is 35.4 Å². The van der Waals surface area contributed by atoms with Gasteiger partial charge in [0.1, 0.15) is 6.23 Å². The molecule has 2 aromatic rings. The van der Waals surface area contributed by atoms with Gasteiger partial charge in [0, 0.05) is 24.1 Å². The maximum Gasteiger partial charge on any atom is 0.347 e. The summed E-state index contributed by atoms with van der Waals surface area (Å²) < 4.78 is 40.5. The highest BCUT2D eigenvalue weighted by atomic mass is 19.3. The Morgan fingerprint density at radius 1 is 1.13 bits per heavy atom. The second-order valence-corrected chi connectivity index (χ2v) is 6.03. The van der Waals surface area contributed by atoms with Crippen molar-refractivity contribution >= 4 is 17.2 Å².